The quantitative estimate of drug-likeness (QED) is 0.762. The van der Waals surface area contributed by atoms with Gasteiger partial charge in [0.1, 0.15) is 6.61 Å². The second kappa shape index (κ2) is 8.57. The molecule has 0 aliphatic rings. The van der Waals surface area contributed by atoms with Gasteiger partial charge in [-0.15, -0.1) is 0 Å². The van der Waals surface area contributed by atoms with E-state index in [4.69, 9.17) is 33.7 Å². The minimum Gasteiger partial charge on any atom is -0.461 e. The van der Waals surface area contributed by atoms with Crippen LogP contribution >= 0.6 is 23.2 Å². The summed E-state index contributed by atoms with van der Waals surface area (Å²) >= 11 is 11.9. The molecule has 0 fully saturated rings. The number of primary amides is 1. The van der Waals surface area contributed by atoms with E-state index in [1.807, 2.05) is 0 Å². The predicted molar refractivity (Wildman–Crippen MR) is 92.8 cm³/mol. The summed E-state index contributed by atoms with van der Waals surface area (Å²) < 4.78 is 5.22. The summed E-state index contributed by atoms with van der Waals surface area (Å²) in [6.45, 7) is 0.113. The highest BCUT2D eigenvalue weighted by Gasteiger charge is 2.20. The number of nitrogens with one attached hydrogen (secondary N) is 1. The summed E-state index contributed by atoms with van der Waals surface area (Å²) in [6.07, 6.45) is -0.0831. The van der Waals surface area contributed by atoms with Crippen LogP contribution in [-0.2, 0) is 16.1 Å². The van der Waals surface area contributed by atoms with Crippen LogP contribution in [0.5, 0.6) is 0 Å². The van der Waals surface area contributed by atoms with Crippen molar-refractivity contribution in [2.24, 2.45) is 5.73 Å². The summed E-state index contributed by atoms with van der Waals surface area (Å²) in [4.78, 5) is 23.3. The van der Waals surface area contributed by atoms with Crippen molar-refractivity contribution in [3.8, 4) is 0 Å². The van der Waals surface area contributed by atoms with E-state index in [0.29, 0.717) is 15.6 Å². The van der Waals surface area contributed by atoms with Crippen LogP contribution in [0.2, 0.25) is 10.0 Å². The molecule has 2 aromatic rings. The first kappa shape index (κ1) is 18.1. The standard InChI is InChI=1S/C17H16Cl2N2O3/c18-12-7-5-11(6-8-12)10-24-16(22)9-15(21-17(20)23)13-3-1-2-4-14(13)19/h1-8,15H,9-10H2,(H3,20,21,23). The predicted octanol–water partition coefficient (Wildman–Crippen LogP) is 3.84. The van der Waals surface area contributed by atoms with Crippen LogP contribution in [0.15, 0.2) is 48.5 Å². The van der Waals surface area contributed by atoms with Crippen LogP contribution in [0.1, 0.15) is 23.6 Å². The van der Waals surface area contributed by atoms with Crippen LogP contribution in [0.4, 0.5) is 4.79 Å². The normalized spacial score (nSPS) is 11.6. The number of carbonyl (C=O) groups excluding carboxylic acids is 2. The van der Waals surface area contributed by atoms with Gasteiger partial charge in [-0.05, 0) is 29.3 Å². The molecule has 0 aliphatic carbocycles. The minimum atomic E-state index is -0.745. The molecule has 7 heteroatoms. The van der Waals surface area contributed by atoms with Gasteiger partial charge in [-0.25, -0.2) is 4.79 Å². The molecule has 0 aliphatic heterocycles. The molecule has 0 aromatic heterocycles. The Bertz CT molecular complexity index is 720. The van der Waals surface area contributed by atoms with Gasteiger partial charge in [0.05, 0.1) is 12.5 Å². The average Bonchev–Trinajstić information content (AvgIpc) is 2.54. The topological polar surface area (TPSA) is 81.4 Å². The number of nitrogens with two attached hydrogens (primary N) is 1. The zero-order valence-electron chi connectivity index (χ0n) is 12.7. The first-order valence-corrected chi connectivity index (χ1v) is 7.92. The molecule has 0 heterocycles. The lowest BCUT2D eigenvalue weighted by Gasteiger charge is -2.18. The third-order valence-electron chi connectivity index (χ3n) is 3.28. The summed E-state index contributed by atoms with van der Waals surface area (Å²) in [6, 6.07) is 12.5. The fraction of sp³-hybridized carbons (Fsp3) is 0.176. The second-order valence-electron chi connectivity index (χ2n) is 5.07. The van der Waals surface area contributed by atoms with E-state index < -0.39 is 18.0 Å². The molecule has 2 amide bonds. The molecule has 0 radical (unpaired) electrons. The first-order valence-electron chi connectivity index (χ1n) is 7.16. The fourth-order valence-corrected chi connectivity index (χ4v) is 2.53. The number of rotatable bonds is 6. The maximum absolute atomic E-state index is 12.1. The van der Waals surface area contributed by atoms with Crippen molar-refractivity contribution < 1.29 is 14.3 Å². The van der Waals surface area contributed by atoms with Crippen LogP contribution in [-0.4, -0.2) is 12.0 Å². The SMILES string of the molecule is NC(=O)NC(CC(=O)OCc1ccc(Cl)cc1)c1ccccc1Cl. The molecule has 0 spiro atoms. The van der Waals surface area contributed by atoms with Crippen molar-refractivity contribution in [1.29, 1.82) is 0 Å². The molecular weight excluding hydrogens is 351 g/mol. The van der Waals surface area contributed by atoms with Gasteiger partial charge in [0, 0.05) is 10.0 Å². The maximum Gasteiger partial charge on any atom is 0.312 e. The van der Waals surface area contributed by atoms with Gasteiger partial charge in [0.2, 0.25) is 0 Å². The lowest BCUT2D eigenvalue weighted by molar-refractivity contribution is -0.145. The largest absolute Gasteiger partial charge is 0.461 e. The van der Waals surface area contributed by atoms with Crippen LogP contribution < -0.4 is 11.1 Å². The third-order valence-corrected chi connectivity index (χ3v) is 3.88. The van der Waals surface area contributed by atoms with Crippen LogP contribution in [0.3, 0.4) is 0 Å². The summed E-state index contributed by atoms with van der Waals surface area (Å²) in [7, 11) is 0. The molecule has 3 N–H and O–H groups in total. The zero-order valence-corrected chi connectivity index (χ0v) is 14.2. The van der Waals surface area contributed by atoms with Gasteiger partial charge in [0.25, 0.3) is 0 Å². The molecule has 0 saturated carbocycles. The molecule has 1 unspecified atom stereocenters. The summed E-state index contributed by atoms with van der Waals surface area (Å²) in [5, 5.41) is 3.55. The molecule has 0 saturated heterocycles. The number of amides is 2. The Kier molecular flexibility index (Phi) is 6.46. The molecular formula is C17H16Cl2N2O3. The molecule has 24 heavy (non-hydrogen) atoms. The van der Waals surface area contributed by atoms with Gasteiger partial charge < -0.3 is 15.8 Å². The van der Waals surface area contributed by atoms with Gasteiger partial charge >= 0.3 is 12.0 Å². The van der Waals surface area contributed by atoms with Crippen molar-refractivity contribution in [3.63, 3.8) is 0 Å². The second-order valence-corrected chi connectivity index (χ2v) is 5.92. The number of ether oxygens (including phenoxy) is 1. The number of hydrogen-bond donors (Lipinski definition) is 2. The molecule has 2 aromatic carbocycles. The molecule has 5 nitrogen and oxygen atoms in total. The van der Waals surface area contributed by atoms with E-state index in [9.17, 15) is 9.59 Å². The number of hydrogen-bond acceptors (Lipinski definition) is 3. The highest BCUT2D eigenvalue weighted by Crippen LogP contribution is 2.25. The van der Waals surface area contributed by atoms with Crippen molar-refractivity contribution >= 4 is 35.2 Å². The highest BCUT2D eigenvalue weighted by molar-refractivity contribution is 6.31. The summed E-state index contributed by atoms with van der Waals surface area (Å²) in [5.41, 5.74) is 6.59. The summed E-state index contributed by atoms with van der Waals surface area (Å²) in [5.74, 6) is -0.483. The lowest BCUT2D eigenvalue weighted by atomic mass is 10.0. The average molecular weight is 367 g/mol. The molecule has 126 valence electrons. The van der Waals surface area contributed by atoms with Crippen molar-refractivity contribution in [2.45, 2.75) is 19.1 Å². The number of esters is 1. The van der Waals surface area contributed by atoms with Gasteiger partial charge in [-0.1, -0.05) is 53.5 Å². The Morgan fingerprint density at radius 1 is 1.08 bits per heavy atom. The van der Waals surface area contributed by atoms with Gasteiger partial charge in [-0.2, -0.15) is 0 Å². The maximum atomic E-state index is 12.1. The van der Waals surface area contributed by atoms with Gasteiger partial charge in [0.15, 0.2) is 0 Å². The Morgan fingerprint density at radius 3 is 2.38 bits per heavy atom. The Morgan fingerprint density at radius 2 is 1.75 bits per heavy atom. The van der Waals surface area contributed by atoms with Crippen molar-refractivity contribution in [3.05, 3.63) is 69.7 Å². The number of benzene rings is 2. The Labute approximate surface area is 149 Å². The van der Waals surface area contributed by atoms with Crippen molar-refractivity contribution in [2.75, 3.05) is 0 Å². The molecule has 2 rings (SSSR count). The van der Waals surface area contributed by atoms with E-state index >= 15 is 0 Å². The third kappa shape index (κ3) is 5.44. The van der Waals surface area contributed by atoms with E-state index in [1.54, 1.807) is 48.5 Å². The molecule has 1 atom stereocenters. The van der Waals surface area contributed by atoms with Crippen LogP contribution in [0.25, 0.3) is 0 Å². The van der Waals surface area contributed by atoms with E-state index in [-0.39, 0.29) is 13.0 Å². The minimum absolute atomic E-state index is 0.0831. The number of urea groups is 1. The number of carbonyl (C=O) groups is 2. The molecule has 0 bridgehead atoms. The zero-order chi connectivity index (χ0) is 17.5. The van der Waals surface area contributed by atoms with E-state index in [0.717, 1.165) is 5.56 Å². The van der Waals surface area contributed by atoms with E-state index in [2.05, 4.69) is 5.32 Å². The smallest absolute Gasteiger partial charge is 0.312 e. The monoisotopic (exact) mass is 366 g/mol. The lowest BCUT2D eigenvalue weighted by Crippen LogP contribution is -2.34. The Balaban J connectivity index is 2.00. The number of halogens is 2. The fourth-order valence-electron chi connectivity index (χ4n) is 2.14. The van der Waals surface area contributed by atoms with Crippen LogP contribution in [0, 0.1) is 0 Å². The first-order chi connectivity index (χ1) is 11.5. The van der Waals surface area contributed by atoms with Crippen molar-refractivity contribution in [1.82, 2.24) is 5.32 Å². The van der Waals surface area contributed by atoms with Gasteiger partial charge in [-0.3, -0.25) is 4.79 Å². The van der Waals surface area contributed by atoms with E-state index in [1.165, 1.54) is 0 Å². The highest BCUT2D eigenvalue weighted by atomic mass is 35.5. The Hall–Kier alpha value is -2.24.